The molecule has 0 saturated carbocycles. The summed E-state index contributed by atoms with van der Waals surface area (Å²) in [5.41, 5.74) is 8.37. The normalized spacial score (nSPS) is 16.4. The Balaban J connectivity index is 1.79. The minimum Gasteiger partial charge on any atom is -0.468 e. The van der Waals surface area contributed by atoms with Crippen LogP contribution in [0.3, 0.4) is 0 Å². The predicted molar refractivity (Wildman–Crippen MR) is 125 cm³/mol. The lowest BCUT2D eigenvalue weighted by atomic mass is 9.92. The number of carbonyl (C=O) groups is 3. The average Bonchev–Trinajstić information content (AvgIpc) is 2.77. The maximum absolute atomic E-state index is 13.4. The molecule has 0 aliphatic carbocycles. The molecule has 0 spiro atoms. The number of benzene rings is 2. The molecule has 0 aromatic heterocycles. The van der Waals surface area contributed by atoms with Crippen molar-refractivity contribution in [1.82, 2.24) is 4.90 Å². The minimum absolute atomic E-state index is 0.323. The maximum atomic E-state index is 13.4. The van der Waals surface area contributed by atoms with Crippen molar-refractivity contribution in [3.05, 3.63) is 65.2 Å². The van der Waals surface area contributed by atoms with Crippen LogP contribution in [0.5, 0.6) is 0 Å². The van der Waals surface area contributed by atoms with Gasteiger partial charge in [-0.3, -0.25) is 14.5 Å². The topological polar surface area (TPSA) is 111 Å². The van der Waals surface area contributed by atoms with Gasteiger partial charge in [-0.2, -0.15) is 0 Å². The van der Waals surface area contributed by atoms with Crippen molar-refractivity contribution in [3.63, 3.8) is 0 Å². The van der Waals surface area contributed by atoms with Crippen molar-refractivity contribution in [2.24, 2.45) is 5.73 Å². The standard InChI is InChI=1S/C25H31N3O5/c1-25(2,3)33-24(31)28-14-13-17-7-5-6-8-19(17)21(28)22(29)27-18-11-9-16(10-12-18)15-20(26)23(30)32-4/h5-12,20-21H,13-15,26H2,1-4H3,(H,27,29)/t20-,21?/m0/s1. The first-order chi connectivity index (χ1) is 15.6. The molecule has 3 rings (SSSR count). The first kappa shape index (κ1) is 24.3. The zero-order valence-electron chi connectivity index (χ0n) is 19.5. The van der Waals surface area contributed by atoms with Crippen LogP contribution in [0, 0.1) is 0 Å². The summed E-state index contributed by atoms with van der Waals surface area (Å²) in [5.74, 6) is -0.808. The number of rotatable bonds is 5. The summed E-state index contributed by atoms with van der Waals surface area (Å²) in [6, 6.07) is 13.1. The molecule has 2 aromatic rings. The van der Waals surface area contributed by atoms with Crippen molar-refractivity contribution in [2.75, 3.05) is 19.0 Å². The van der Waals surface area contributed by atoms with Crippen molar-refractivity contribution >= 4 is 23.7 Å². The van der Waals surface area contributed by atoms with Gasteiger partial charge in [-0.15, -0.1) is 0 Å². The molecule has 0 saturated heterocycles. The Morgan fingerprint density at radius 2 is 1.79 bits per heavy atom. The average molecular weight is 454 g/mol. The summed E-state index contributed by atoms with van der Waals surface area (Å²) in [4.78, 5) is 39.3. The van der Waals surface area contributed by atoms with Crippen molar-refractivity contribution in [1.29, 1.82) is 0 Å². The van der Waals surface area contributed by atoms with Crippen LogP contribution in [-0.2, 0) is 31.9 Å². The van der Waals surface area contributed by atoms with Crippen molar-refractivity contribution in [3.8, 4) is 0 Å². The first-order valence-electron chi connectivity index (χ1n) is 10.9. The highest BCUT2D eigenvalue weighted by molar-refractivity contribution is 5.97. The first-order valence-corrected chi connectivity index (χ1v) is 10.9. The lowest BCUT2D eigenvalue weighted by molar-refractivity contribution is -0.142. The van der Waals surface area contributed by atoms with E-state index in [2.05, 4.69) is 10.1 Å². The Bertz CT molecular complexity index is 1010. The van der Waals surface area contributed by atoms with E-state index in [1.807, 2.05) is 24.3 Å². The van der Waals surface area contributed by atoms with Gasteiger partial charge in [0.1, 0.15) is 17.7 Å². The molecule has 0 radical (unpaired) electrons. The molecule has 3 N–H and O–H groups in total. The predicted octanol–water partition coefficient (Wildman–Crippen LogP) is 3.20. The Hall–Kier alpha value is -3.39. The highest BCUT2D eigenvalue weighted by Crippen LogP contribution is 2.32. The van der Waals surface area contributed by atoms with E-state index in [9.17, 15) is 14.4 Å². The molecule has 176 valence electrons. The number of carbonyl (C=O) groups excluding carboxylic acids is 3. The largest absolute Gasteiger partial charge is 0.468 e. The van der Waals surface area contributed by atoms with Gasteiger partial charge in [0.2, 0.25) is 0 Å². The fourth-order valence-corrected chi connectivity index (χ4v) is 3.79. The number of hydrogen-bond acceptors (Lipinski definition) is 6. The summed E-state index contributed by atoms with van der Waals surface area (Å²) in [6.45, 7) is 5.77. The second kappa shape index (κ2) is 10.0. The van der Waals surface area contributed by atoms with Gasteiger partial charge < -0.3 is 20.5 Å². The summed E-state index contributed by atoms with van der Waals surface area (Å²) in [7, 11) is 1.30. The number of anilines is 1. The molecule has 0 bridgehead atoms. The summed E-state index contributed by atoms with van der Waals surface area (Å²) in [6.07, 6.45) is 0.446. The van der Waals surface area contributed by atoms with E-state index in [4.69, 9.17) is 10.5 Å². The molecule has 1 aliphatic rings. The number of amides is 2. The number of methoxy groups -OCH3 is 1. The van der Waals surface area contributed by atoms with Gasteiger partial charge in [-0.05, 0) is 62.4 Å². The molecule has 33 heavy (non-hydrogen) atoms. The molecule has 2 atom stereocenters. The molecular formula is C25H31N3O5. The molecule has 2 amide bonds. The Kier molecular flexibility index (Phi) is 7.38. The van der Waals surface area contributed by atoms with Crippen LogP contribution in [0.15, 0.2) is 48.5 Å². The third-order valence-corrected chi connectivity index (χ3v) is 5.34. The monoisotopic (exact) mass is 453 g/mol. The quantitative estimate of drug-likeness (QED) is 0.673. The van der Waals surface area contributed by atoms with Crippen LogP contribution in [0.4, 0.5) is 10.5 Å². The number of hydrogen-bond donors (Lipinski definition) is 2. The Morgan fingerprint density at radius 1 is 1.12 bits per heavy atom. The molecule has 8 heteroatoms. The number of nitrogens with two attached hydrogens (primary N) is 1. The number of ether oxygens (including phenoxy) is 2. The highest BCUT2D eigenvalue weighted by Gasteiger charge is 2.38. The molecule has 2 aromatic carbocycles. The highest BCUT2D eigenvalue weighted by atomic mass is 16.6. The summed E-state index contributed by atoms with van der Waals surface area (Å²) in [5, 5.41) is 2.90. The fraction of sp³-hybridized carbons (Fsp3) is 0.400. The van der Waals surface area contributed by atoms with Gasteiger partial charge >= 0.3 is 12.1 Å². The Morgan fingerprint density at radius 3 is 2.42 bits per heavy atom. The maximum Gasteiger partial charge on any atom is 0.411 e. The SMILES string of the molecule is COC(=O)[C@@H](N)Cc1ccc(NC(=O)C2c3ccccc3CCN2C(=O)OC(C)(C)C)cc1. The van der Waals surface area contributed by atoms with E-state index in [1.54, 1.807) is 45.0 Å². The molecule has 1 unspecified atom stereocenters. The number of nitrogens with one attached hydrogen (secondary N) is 1. The van der Waals surface area contributed by atoms with Gasteiger partial charge in [0.05, 0.1) is 7.11 Å². The Labute approximate surface area is 194 Å². The van der Waals surface area contributed by atoms with Gasteiger partial charge in [0, 0.05) is 12.2 Å². The van der Waals surface area contributed by atoms with E-state index in [0.717, 1.165) is 16.7 Å². The van der Waals surface area contributed by atoms with E-state index in [-0.39, 0.29) is 5.91 Å². The van der Waals surface area contributed by atoms with Gasteiger partial charge in [0.15, 0.2) is 0 Å². The van der Waals surface area contributed by atoms with Gasteiger partial charge in [-0.25, -0.2) is 4.79 Å². The van der Waals surface area contributed by atoms with Crippen LogP contribution in [-0.4, -0.2) is 48.2 Å². The second-order valence-corrected chi connectivity index (χ2v) is 9.05. The van der Waals surface area contributed by atoms with Crippen molar-refractivity contribution in [2.45, 2.75) is 51.3 Å². The van der Waals surface area contributed by atoms with Gasteiger partial charge in [-0.1, -0.05) is 36.4 Å². The fourth-order valence-electron chi connectivity index (χ4n) is 3.79. The number of fused-ring (bicyclic) bond motifs is 1. The van der Waals surface area contributed by atoms with Gasteiger partial charge in [0.25, 0.3) is 5.91 Å². The smallest absolute Gasteiger partial charge is 0.411 e. The number of esters is 1. The number of nitrogens with zero attached hydrogens (tertiary/aromatic N) is 1. The van der Waals surface area contributed by atoms with E-state index < -0.39 is 29.7 Å². The minimum atomic E-state index is -0.808. The third-order valence-electron chi connectivity index (χ3n) is 5.34. The zero-order chi connectivity index (χ0) is 24.2. The van der Waals surface area contributed by atoms with Crippen LogP contribution in [0.1, 0.15) is 43.5 Å². The van der Waals surface area contributed by atoms with Crippen LogP contribution in [0.2, 0.25) is 0 Å². The zero-order valence-corrected chi connectivity index (χ0v) is 19.5. The van der Waals surface area contributed by atoms with Crippen LogP contribution in [0.25, 0.3) is 0 Å². The molecule has 0 fully saturated rings. The molecule has 1 heterocycles. The lowest BCUT2D eigenvalue weighted by Gasteiger charge is -2.37. The third kappa shape index (κ3) is 6.10. The lowest BCUT2D eigenvalue weighted by Crippen LogP contribution is -2.47. The summed E-state index contributed by atoms with van der Waals surface area (Å²) < 4.78 is 10.2. The molecule has 1 aliphatic heterocycles. The molecular weight excluding hydrogens is 422 g/mol. The van der Waals surface area contributed by atoms with E-state index >= 15 is 0 Å². The molecule has 8 nitrogen and oxygen atoms in total. The van der Waals surface area contributed by atoms with Crippen LogP contribution >= 0.6 is 0 Å². The van der Waals surface area contributed by atoms with E-state index in [1.165, 1.54) is 12.0 Å². The summed E-state index contributed by atoms with van der Waals surface area (Å²) >= 11 is 0. The van der Waals surface area contributed by atoms with E-state index in [0.29, 0.717) is 25.1 Å². The van der Waals surface area contributed by atoms with Crippen molar-refractivity contribution < 1.29 is 23.9 Å². The van der Waals surface area contributed by atoms with Crippen LogP contribution < -0.4 is 11.1 Å². The second-order valence-electron chi connectivity index (χ2n) is 9.05.